The highest BCUT2D eigenvalue weighted by Gasteiger charge is 2.32. The molecule has 1 aliphatic heterocycles. The van der Waals surface area contributed by atoms with Crippen LogP contribution in [-0.4, -0.2) is 47.8 Å². The lowest BCUT2D eigenvalue weighted by atomic mass is 9.97. The van der Waals surface area contributed by atoms with E-state index < -0.39 is 11.7 Å². The van der Waals surface area contributed by atoms with Gasteiger partial charge in [0.25, 0.3) is 0 Å². The number of nitrogens with zero attached hydrogens (tertiary/aromatic N) is 2. The van der Waals surface area contributed by atoms with Gasteiger partial charge in [-0.1, -0.05) is 0 Å². The quantitative estimate of drug-likeness (QED) is 0.585. The smallest absolute Gasteiger partial charge is 0.248 e. The topological polar surface area (TPSA) is 70.4 Å². The molecule has 1 saturated carbocycles. The Morgan fingerprint density at radius 1 is 1.25 bits per heavy atom. The van der Waals surface area contributed by atoms with E-state index in [1.807, 2.05) is 6.07 Å². The Labute approximate surface area is 146 Å². The molecule has 3 rings (SSSR count). The standard InChI is InChI=1S/C18H20N2O3S/c19-11-16(18(22)20-7-9-24-10-8-20)17(21)14-3-5-15(6-4-14)23-12-13-1-2-13/h3-6,13,16H,1-2,7-10,12H2. The Balaban J connectivity index is 1.64. The fourth-order valence-electron chi connectivity index (χ4n) is 2.57. The van der Waals surface area contributed by atoms with Crippen molar-refractivity contribution >= 4 is 23.5 Å². The number of ether oxygens (including phenoxy) is 1. The van der Waals surface area contributed by atoms with Gasteiger partial charge in [0.1, 0.15) is 5.75 Å². The van der Waals surface area contributed by atoms with Crippen LogP contribution in [0.15, 0.2) is 24.3 Å². The van der Waals surface area contributed by atoms with Crippen molar-refractivity contribution in [1.82, 2.24) is 4.90 Å². The lowest BCUT2D eigenvalue weighted by Crippen LogP contribution is -2.43. The van der Waals surface area contributed by atoms with Crippen molar-refractivity contribution in [3.05, 3.63) is 29.8 Å². The normalized spacial score (nSPS) is 18.5. The predicted octanol–water partition coefficient (Wildman–Crippen LogP) is 2.37. The van der Waals surface area contributed by atoms with Crippen LogP contribution in [0, 0.1) is 23.2 Å². The largest absolute Gasteiger partial charge is 0.493 e. The van der Waals surface area contributed by atoms with Gasteiger partial charge < -0.3 is 9.64 Å². The van der Waals surface area contributed by atoms with Crippen LogP contribution in [0.5, 0.6) is 5.75 Å². The fraction of sp³-hybridized carbons (Fsp3) is 0.500. The lowest BCUT2D eigenvalue weighted by molar-refractivity contribution is -0.132. The Hall–Kier alpha value is -2.00. The Morgan fingerprint density at radius 2 is 1.92 bits per heavy atom. The number of carbonyl (C=O) groups is 2. The number of amides is 1. The molecule has 2 fully saturated rings. The van der Waals surface area contributed by atoms with Crippen molar-refractivity contribution in [2.24, 2.45) is 11.8 Å². The summed E-state index contributed by atoms with van der Waals surface area (Å²) < 4.78 is 5.64. The fourth-order valence-corrected chi connectivity index (χ4v) is 3.48. The minimum atomic E-state index is -1.26. The second-order valence-electron chi connectivity index (χ2n) is 6.14. The third-order valence-corrected chi connectivity index (χ3v) is 5.22. The number of rotatable bonds is 6. The van der Waals surface area contributed by atoms with Gasteiger partial charge >= 0.3 is 0 Å². The molecule has 6 heteroatoms. The van der Waals surface area contributed by atoms with E-state index in [4.69, 9.17) is 4.74 Å². The van der Waals surface area contributed by atoms with Gasteiger partial charge in [-0.2, -0.15) is 17.0 Å². The number of hydrogen-bond donors (Lipinski definition) is 0. The van der Waals surface area contributed by atoms with E-state index in [0.717, 1.165) is 11.5 Å². The summed E-state index contributed by atoms with van der Waals surface area (Å²) in [5, 5.41) is 9.32. The summed E-state index contributed by atoms with van der Waals surface area (Å²) in [6, 6.07) is 8.60. The van der Waals surface area contributed by atoms with E-state index in [9.17, 15) is 14.9 Å². The summed E-state index contributed by atoms with van der Waals surface area (Å²) in [6.07, 6.45) is 2.44. The Kier molecular flexibility index (Phi) is 5.41. The zero-order chi connectivity index (χ0) is 16.9. The van der Waals surface area contributed by atoms with Gasteiger partial charge in [0.15, 0.2) is 11.7 Å². The van der Waals surface area contributed by atoms with Gasteiger partial charge in [-0.15, -0.1) is 0 Å². The van der Waals surface area contributed by atoms with E-state index in [0.29, 0.717) is 36.9 Å². The number of carbonyl (C=O) groups excluding carboxylic acids is 2. The Bertz CT molecular complexity index is 643. The molecule has 1 aromatic rings. The number of benzene rings is 1. The molecular weight excluding hydrogens is 324 g/mol. The maximum atomic E-state index is 12.5. The summed E-state index contributed by atoms with van der Waals surface area (Å²) in [4.78, 5) is 26.6. The molecule has 2 aliphatic rings. The third-order valence-electron chi connectivity index (χ3n) is 4.28. The van der Waals surface area contributed by atoms with Gasteiger partial charge in [-0.05, 0) is 43.0 Å². The SMILES string of the molecule is N#CC(C(=O)c1ccc(OCC2CC2)cc1)C(=O)N1CCSCC1. The monoisotopic (exact) mass is 344 g/mol. The van der Waals surface area contributed by atoms with Crippen LogP contribution in [0.25, 0.3) is 0 Å². The van der Waals surface area contributed by atoms with Crippen molar-refractivity contribution in [3.8, 4) is 11.8 Å². The summed E-state index contributed by atoms with van der Waals surface area (Å²) >= 11 is 1.78. The van der Waals surface area contributed by atoms with E-state index in [-0.39, 0.29) is 5.91 Å². The van der Waals surface area contributed by atoms with Crippen LogP contribution >= 0.6 is 11.8 Å². The van der Waals surface area contributed by atoms with Gasteiger partial charge in [0.05, 0.1) is 12.7 Å². The highest BCUT2D eigenvalue weighted by Crippen LogP contribution is 2.29. The van der Waals surface area contributed by atoms with Crippen LogP contribution in [0.1, 0.15) is 23.2 Å². The first-order valence-corrected chi connectivity index (χ1v) is 9.37. The van der Waals surface area contributed by atoms with Gasteiger partial charge in [-0.3, -0.25) is 9.59 Å². The molecule has 1 aliphatic carbocycles. The van der Waals surface area contributed by atoms with Crippen LogP contribution in [0.4, 0.5) is 0 Å². The molecule has 1 saturated heterocycles. The molecule has 1 unspecified atom stereocenters. The van der Waals surface area contributed by atoms with Crippen molar-refractivity contribution < 1.29 is 14.3 Å². The summed E-state index contributed by atoms with van der Waals surface area (Å²) in [5.74, 6) is 1.01. The number of ketones is 1. The first kappa shape index (κ1) is 16.8. The number of thioether (sulfide) groups is 1. The molecule has 0 aromatic heterocycles. The molecule has 1 heterocycles. The summed E-state index contributed by atoms with van der Waals surface area (Å²) in [7, 11) is 0. The molecule has 1 atom stereocenters. The average molecular weight is 344 g/mol. The van der Waals surface area contributed by atoms with Crippen LogP contribution in [-0.2, 0) is 4.79 Å². The highest BCUT2D eigenvalue weighted by atomic mass is 32.2. The predicted molar refractivity (Wildman–Crippen MR) is 92.0 cm³/mol. The average Bonchev–Trinajstić information content (AvgIpc) is 3.46. The maximum absolute atomic E-state index is 12.5. The minimum absolute atomic E-state index is 0.375. The number of hydrogen-bond acceptors (Lipinski definition) is 5. The number of nitriles is 1. The van der Waals surface area contributed by atoms with E-state index in [1.165, 1.54) is 12.8 Å². The van der Waals surface area contributed by atoms with Crippen molar-refractivity contribution in [2.75, 3.05) is 31.2 Å². The molecule has 1 aromatic carbocycles. The van der Waals surface area contributed by atoms with Crippen molar-refractivity contribution in [3.63, 3.8) is 0 Å². The maximum Gasteiger partial charge on any atom is 0.248 e. The highest BCUT2D eigenvalue weighted by molar-refractivity contribution is 7.99. The van der Waals surface area contributed by atoms with E-state index in [2.05, 4.69) is 0 Å². The molecule has 5 nitrogen and oxygen atoms in total. The third kappa shape index (κ3) is 4.09. The number of Topliss-reactive ketones (excluding diaryl/α,β-unsaturated/α-hetero) is 1. The molecule has 24 heavy (non-hydrogen) atoms. The van der Waals surface area contributed by atoms with Gasteiger partial charge in [0, 0.05) is 30.2 Å². The van der Waals surface area contributed by atoms with Crippen molar-refractivity contribution in [1.29, 1.82) is 5.26 Å². The summed E-state index contributed by atoms with van der Waals surface area (Å²) in [6.45, 7) is 1.91. The molecule has 0 bridgehead atoms. The van der Waals surface area contributed by atoms with Gasteiger partial charge in [-0.25, -0.2) is 0 Å². The second kappa shape index (κ2) is 7.71. The molecular formula is C18H20N2O3S. The zero-order valence-electron chi connectivity index (χ0n) is 13.4. The lowest BCUT2D eigenvalue weighted by Gasteiger charge is -2.27. The minimum Gasteiger partial charge on any atom is -0.493 e. The zero-order valence-corrected chi connectivity index (χ0v) is 14.3. The van der Waals surface area contributed by atoms with Crippen molar-refractivity contribution in [2.45, 2.75) is 12.8 Å². The van der Waals surface area contributed by atoms with E-state index in [1.54, 1.807) is 40.9 Å². The van der Waals surface area contributed by atoms with Crippen LogP contribution < -0.4 is 4.74 Å². The molecule has 1 amide bonds. The van der Waals surface area contributed by atoms with Gasteiger partial charge in [0.2, 0.25) is 5.91 Å². The summed E-state index contributed by atoms with van der Waals surface area (Å²) in [5.41, 5.74) is 0.375. The van der Waals surface area contributed by atoms with Crippen LogP contribution in [0.2, 0.25) is 0 Å². The second-order valence-corrected chi connectivity index (χ2v) is 7.37. The molecule has 0 N–H and O–H groups in total. The first-order chi connectivity index (χ1) is 11.7. The molecule has 0 spiro atoms. The van der Waals surface area contributed by atoms with E-state index >= 15 is 0 Å². The van der Waals surface area contributed by atoms with Crippen LogP contribution in [0.3, 0.4) is 0 Å². The molecule has 126 valence electrons. The molecule has 0 radical (unpaired) electrons. The Morgan fingerprint density at radius 3 is 2.50 bits per heavy atom. The first-order valence-electron chi connectivity index (χ1n) is 8.22.